The third-order valence-electron chi connectivity index (χ3n) is 3.36. The van der Waals surface area contributed by atoms with Crippen LogP contribution in [0.3, 0.4) is 0 Å². The maximum absolute atomic E-state index is 10.7. The summed E-state index contributed by atoms with van der Waals surface area (Å²) in [6, 6.07) is 7.71. The van der Waals surface area contributed by atoms with Gasteiger partial charge in [-0.3, -0.25) is 0 Å². The monoisotopic (exact) mass is 242 g/mol. The maximum Gasteiger partial charge on any atom is 0.245 e. The van der Waals surface area contributed by atoms with Gasteiger partial charge >= 0.3 is 0 Å². The molecule has 5 heteroatoms. The highest BCUT2D eigenvalue weighted by Crippen LogP contribution is 2.19. The summed E-state index contributed by atoms with van der Waals surface area (Å²) in [6.07, 6.45) is 2.80. The van der Waals surface area contributed by atoms with Gasteiger partial charge in [0.1, 0.15) is 11.8 Å². The molecule has 1 saturated heterocycles. The Morgan fingerprint density at radius 2 is 1.83 bits per heavy atom. The lowest BCUT2D eigenvalue weighted by molar-refractivity contribution is -0.111. The zero-order valence-electron chi connectivity index (χ0n) is 9.99. The van der Waals surface area contributed by atoms with Crippen LogP contribution >= 0.6 is 0 Å². The molecule has 5 nitrogen and oxygen atoms in total. The summed E-state index contributed by atoms with van der Waals surface area (Å²) in [5.41, 5.74) is 1.67. The predicted octanol–water partition coefficient (Wildman–Crippen LogP) is 1.44. The number of aromatic nitrogens is 3. The van der Waals surface area contributed by atoms with Crippen LogP contribution in [-0.4, -0.2) is 34.6 Å². The van der Waals surface area contributed by atoms with Gasteiger partial charge in [0.15, 0.2) is 0 Å². The normalized spacial score (nSPS) is 17.0. The van der Waals surface area contributed by atoms with Crippen LogP contribution < -0.4 is 4.90 Å². The number of carbonyl (C=O) groups excluding carboxylic acids is 1. The Morgan fingerprint density at radius 3 is 2.56 bits per heavy atom. The van der Waals surface area contributed by atoms with Crippen molar-refractivity contribution in [1.82, 2.24) is 15.2 Å². The number of carbonyl (C=O) groups is 1. The minimum Gasteiger partial charge on any atom is -0.339 e. The van der Waals surface area contributed by atoms with Gasteiger partial charge in [-0.05, 0) is 25.0 Å². The fourth-order valence-electron chi connectivity index (χ4n) is 2.24. The summed E-state index contributed by atoms with van der Waals surface area (Å²) in [4.78, 5) is 17.3. The number of hydrogen-bond acceptors (Lipinski definition) is 5. The van der Waals surface area contributed by atoms with Crippen molar-refractivity contribution in [1.29, 1.82) is 0 Å². The highest BCUT2D eigenvalue weighted by Gasteiger charge is 2.20. The second-order valence-electron chi connectivity index (χ2n) is 4.56. The number of para-hydroxylation sites is 1. The zero-order valence-corrected chi connectivity index (χ0v) is 9.99. The lowest BCUT2D eigenvalue weighted by Gasteiger charge is -2.29. The molecule has 0 aliphatic carbocycles. The first-order chi connectivity index (χ1) is 8.86. The molecule has 0 bridgehead atoms. The Hall–Kier alpha value is -2.04. The number of hydrogen-bond donors (Lipinski definition) is 0. The molecule has 0 unspecified atom stereocenters. The van der Waals surface area contributed by atoms with Crippen molar-refractivity contribution < 1.29 is 4.79 Å². The molecule has 0 amide bonds. The van der Waals surface area contributed by atoms with E-state index in [0.717, 1.165) is 43.3 Å². The number of benzene rings is 1. The molecular weight excluding hydrogens is 228 g/mol. The van der Waals surface area contributed by atoms with Crippen molar-refractivity contribution >= 4 is 23.3 Å². The molecule has 1 fully saturated rings. The number of piperidine rings is 1. The summed E-state index contributed by atoms with van der Waals surface area (Å²) in [5, 5.41) is 8.33. The summed E-state index contributed by atoms with van der Waals surface area (Å²) in [6.45, 7) is 1.65. The van der Waals surface area contributed by atoms with Gasteiger partial charge in [-0.15, -0.1) is 10.2 Å². The van der Waals surface area contributed by atoms with E-state index in [9.17, 15) is 4.79 Å². The molecule has 1 aromatic carbocycles. The van der Waals surface area contributed by atoms with E-state index in [1.54, 1.807) is 0 Å². The van der Waals surface area contributed by atoms with Crippen LogP contribution in [0.15, 0.2) is 24.3 Å². The molecule has 0 radical (unpaired) electrons. The Kier molecular flexibility index (Phi) is 2.88. The number of rotatable bonds is 2. The van der Waals surface area contributed by atoms with Crippen molar-refractivity contribution in [3.05, 3.63) is 24.3 Å². The number of aldehydes is 1. The van der Waals surface area contributed by atoms with Gasteiger partial charge in [-0.1, -0.05) is 12.1 Å². The van der Waals surface area contributed by atoms with Crippen LogP contribution in [0.4, 0.5) is 5.95 Å². The van der Waals surface area contributed by atoms with E-state index in [0.29, 0.717) is 5.95 Å². The topological polar surface area (TPSA) is 59.0 Å². The van der Waals surface area contributed by atoms with Gasteiger partial charge < -0.3 is 9.69 Å². The van der Waals surface area contributed by atoms with Crippen LogP contribution in [0.1, 0.15) is 12.8 Å². The molecule has 1 aliphatic rings. The SMILES string of the molecule is O=CC1CCN(c2nnc3ccccc3n2)CC1. The third kappa shape index (κ3) is 2.03. The van der Waals surface area contributed by atoms with E-state index in [1.165, 1.54) is 0 Å². The van der Waals surface area contributed by atoms with Crippen LogP contribution in [0.25, 0.3) is 11.0 Å². The predicted molar refractivity (Wildman–Crippen MR) is 68.3 cm³/mol. The molecular formula is C13H14N4O. The Labute approximate surface area is 105 Å². The fraction of sp³-hybridized carbons (Fsp3) is 0.385. The van der Waals surface area contributed by atoms with Gasteiger partial charge in [0, 0.05) is 19.0 Å². The lowest BCUT2D eigenvalue weighted by Crippen LogP contribution is -2.35. The van der Waals surface area contributed by atoms with E-state index >= 15 is 0 Å². The zero-order chi connectivity index (χ0) is 12.4. The van der Waals surface area contributed by atoms with E-state index in [2.05, 4.69) is 20.1 Å². The Balaban J connectivity index is 1.84. The maximum atomic E-state index is 10.7. The molecule has 3 rings (SSSR count). The first kappa shape index (κ1) is 11.1. The van der Waals surface area contributed by atoms with Crippen molar-refractivity contribution in [2.75, 3.05) is 18.0 Å². The Bertz CT molecular complexity index is 564. The van der Waals surface area contributed by atoms with Crippen molar-refractivity contribution in [2.24, 2.45) is 5.92 Å². The molecule has 0 spiro atoms. The molecule has 0 atom stereocenters. The highest BCUT2D eigenvalue weighted by molar-refractivity contribution is 5.74. The van der Waals surface area contributed by atoms with Crippen molar-refractivity contribution in [3.8, 4) is 0 Å². The fourth-order valence-corrected chi connectivity index (χ4v) is 2.24. The standard InChI is InChI=1S/C13H14N4O/c18-9-10-5-7-17(8-6-10)13-14-11-3-1-2-4-12(11)15-16-13/h1-4,9-10H,5-8H2. The van der Waals surface area contributed by atoms with E-state index < -0.39 is 0 Å². The highest BCUT2D eigenvalue weighted by atomic mass is 16.1. The van der Waals surface area contributed by atoms with Gasteiger partial charge in [0.25, 0.3) is 0 Å². The number of fused-ring (bicyclic) bond motifs is 1. The van der Waals surface area contributed by atoms with Crippen molar-refractivity contribution in [3.63, 3.8) is 0 Å². The molecule has 0 saturated carbocycles. The van der Waals surface area contributed by atoms with Crippen LogP contribution in [0.2, 0.25) is 0 Å². The van der Waals surface area contributed by atoms with Crippen molar-refractivity contribution in [2.45, 2.75) is 12.8 Å². The largest absolute Gasteiger partial charge is 0.339 e. The smallest absolute Gasteiger partial charge is 0.245 e. The quantitative estimate of drug-likeness (QED) is 0.746. The molecule has 1 aromatic heterocycles. The summed E-state index contributed by atoms with van der Waals surface area (Å²) < 4.78 is 0. The van der Waals surface area contributed by atoms with E-state index in [4.69, 9.17) is 0 Å². The lowest BCUT2D eigenvalue weighted by atomic mass is 9.99. The average Bonchev–Trinajstić information content (AvgIpc) is 2.47. The molecule has 92 valence electrons. The van der Waals surface area contributed by atoms with Gasteiger partial charge in [0.2, 0.25) is 5.95 Å². The number of anilines is 1. The van der Waals surface area contributed by atoms with Crippen LogP contribution in [0, 0.1) is 5.92 Å². The molecule has 2 aromatic rings. The average molecular weight is 242 g/mol. The third-order valence-corrected chi connectivity index (χ3v) is 3.36. The number of nitrogens with zero attached hydrogens (tertiary/aromatic N) is 4. The minimum absolute atomic E-state index is 0.190. The second-order valence-corrected chi connectivity index (χ2v) is 4.56. The Morgan fingerprint density at radius 1 is 1.11 bits per heavy atom. The molecule has 2 heterocycles. The molecule has 18 heavy (non-hydrogen) atoms. The first-order valence-electron chi connectivity index (χ1n) is 6.16. The second kappa shape index (κ2) is 4.68. The minimum atomic E-state index is 0.190. The van der Waals surface area contributed by atoms with Gasteiger partial charge in [0.05, 0.1) is 5.52 Å². The van der Waals surface area contributed by atoms with E-state index in [-0.39, 0.29) is 5.92 Å². The summed E-state index contributed by atoms with van der Waals surface area (Å²) >= 11 is 0. The van der Waals surface area contributed by atoms with Crippen LogP contribution in [0.5, 0.6) is 0 Å². The van der Waals surface area contributed by atoms with Gasteiger partial charge in [-0.2, -0.15) is 0 Å². The van der Waals surface area contributed by atoms with Crippen LogP contribution in [-0.2, 0) is 4.79 Å². The molecule has 0 N–H and O–H groups in total. The van der Waals surface area contributed by atoms with Gasteiger partial charge in [-0.25, -0.2) is 4.98 Å². The summed E-state index contributed by atoms with van der Waals surface area (Å²) in [5.74, 6) is 0.854. The first-order valence-corrected chi connectivity index (χ1v) is 6.16. The summed E-state index contributed by atoms with van der Waals surface area (Å²) in [7, 11) is 0. The van der Waals surface area contributed by atoms with E-state index in [1.807, 2.05) is 24.3 Å². The molecule has 1 aliphatic heterocycles.